The number of hydrogen-bond donors (Lipinski definition) is 1. The second kappa shape index (κ2) is 9.78. The number of amides is 1. The van der Waals surface area contributed by atoms with Crippen LogP contribution in [0.1, 0.15) is 12.5 Å². The summed E-state index contributed by atoms with van der Waals surface area (Å²) >= 11 is 8.74. The Hall–Kier alpha value is -2.14. The lowest BCUT2D eigenvalue weighted by molar-refractivity contribution is -0.116. The Balaban J connectivity index is 1.69. The predicted molar refractivity (Wildman–Crippen MR) is 123 cm³/mol. The first-order chi connectivity index (χ1) is 14.2. The van der Waals surface area contributed by atoms with Crippen molar-refractivity contribution in [2.75, 3.05) is 15.9 Å². The van der Waals surface area contributed by atoms with Crippen LogP contribution in [0.5, 0.6) is 0 Å². The number of halogens is 1. The molecule has 3 aromatic rings. The van der Waals surface area contributed by atoms with Crippen LogP contribution in [0.3, 0.4) is 0 Å². The monoisotopic (exact) mass is 482 g/mol. The van der Waals surface area contributed by atoms with Crippen LogP contribution in [0, 0.1) is 0 Å². The second-order valence-electron chi connectivity index (χ2n) is 6.35. The van der Waals surface area contributed by atoms with Crippen molar-refractivity contribution in [3.05, 3.63) is 65.2 Å². The summed E-state index contributed by atoms with van der Waals surface area (Å²) in [5, 5.41) is 11.4. The number of carbonyl (C=O) groups is 1. The highest BCUT2D eigenvalue weighted by Crippen LogP contribution is 2.29. The lowest BCUT2D eigenvalue weighted by Crippen LogP contribution is -2.45. The predicted octanol–water partition coefficient (Wildman–Crippen LogP) is 4.28. The van der Waals surface area contributed by atoms with Gasteiger partial charge in [-0.15, -0.1) is 10.2 Å². The van der Waals surface area contributed by atoms with Gasteiger partial charge in [0, 0.05) is 10.8 Å². The van der Waals surface area contributed by atoms with Gasteiger partial charge in [-0.05, 0) is 30.7 Å². The molecule has 1 aromatic heterocycles. The molecule has 1 N–H and O–H groups in total. The van der Waals surface area contributed by atoms with E-state index in [1.807, 2.05) is 30.3 Å². The van der Waals surface area contributed by atoms with Crippen LogP contribution >= 0.6 is 34.7 Å². The number of anilines is 2. The SMILES string of the molecule is CC(C(=O)Nc1nnc(SCc2ccccc2)s1)N(c1cccc(Cl)c1)S(C)(=O)=O. The van der Waals surface area contributed by atoms with E-state index in [4.69, 9.17) is 11.6 Å². The maximum atomic E-state index is 12.7. The Bertz CT molecular complexity index is 1120. The van der Waals surface area contributed by atoms with Gasteiger partial charge >= 0.3 is 0 Å². The van der Waals surface area contributed by atoms with Crippen LogP contribution in [-0.2, 0) is 20.6 Å². The number of nitrogens with one attached hydrogen (secondary N) is 1. The Morgan fingerprint density at radius 3 is 2.60 bits per heavy atom. The van der Waals surface area contributed by atoms with Crippen molar-refractivity contribution in [2.45, 2.75) is 23.1 Å². The molecule has 1 amide bonds. The van der Waals surface area contributed by atoms with Crippen molar-refractivity contribution in [1.29, 1.82) is 0 Å². The molecular formula is C19H19ClN4O3S3. The number of carbonyl (C=O) groups excluding carboxylic acids is 1. The van der Waals surface area contributed by atoms with Gasteiger partial charge in [0.1, 0.15) is 6.04 Å². The van der Waals surface area contributed by atoms with Crippen molar-refractivity contribution in [2.24, 2.45) is 0 Å². The first kappa shape index (κ1) is 22.5. The third-order valence-corrected chi connectivity index (χ3v) is 7.51. The zero-order valence-electron chi connectivity index (χ0n) is 16.1. The van der Waals surface area contributed by atoms with Crippen LogP contribution in [0.2, 0.25) is 5.02 Å². The maximum absolute atomic E-state index is 12.7. The molecule has 0 bridgehead atoms. The Morgan fingerprint density at radius 1 is 1.20 bits per heavy atom. The number of aromatic nitrogens is 2. The highest BCUT2D eigenvalue weighted by molar-refractivity contribution is 8.00. The number of thioether (sulfide) groups is 1. The lowest BCUT2D eigenvalue weighted by atomic mass is 10.2. The fourth-order valence-corrected chi connectivity index (χ4v) is 5.73. The molecule has 1 unspecified atom stereocenters. The van der Waals surface area contributed by atoms with Gasteiger partial charge in [-0.3, -0.25) is 14.4 Å². The van der Waals surface area contributed by atoms with Crippen LogP contribution in [0.25, 0.3) is 0 Å². The summed E-state index contributed by atoms with van der Waals surface area (Å²) in [6.45, 7) is 1.50. The summed E-state index contributed by atoms with van der Waals surface area (Å²) in [4.78, 5) is 12.7. The molecule has 0 fully saturated rings. The number of sulfonamides is 1. The summed E-state index contributed by atoms with van der Waals surface area (Å²) in [5.74, 6) is 0.215. The van der Waals surface area contributed by atoms with E-state index in [1.54, 1.807) is 18.2 Å². The highest BCUT2D eigenvalue weighted by atomic mass is 35.5. The number of benzene rings is 2. The van der Waals surface area contributed by atoms with Crippen molar-refractivity contribution < 1.29 is 13.2 Å². The van der Waals surface area contributed by atoms with Gasteiger partial charge in [-0.2, -0.15) is 0 Å². The smallest absolute Gasteiger partial charge is 0.249 e. The molecule has 3 rings (SSSR count). The summed E-state index contributed by atoms with van der Waals surface area (Å²) in [5.41, 5.74) is 1.46. The Morgan fingerprint density at radius 2 is 1.93 bits per heavy atom. The fourth-order valence-electron chi connectivity index (χ4n) is 2.67. The van der Waals surface area contributed by atoms with E-state index < -0.39 is 22.0 Å². The first-order valence-corrected chi connectivity index (χ1v) is 12.8. The molecule has 7 nitrogen and oxygen atoms in total. The topological polar surface area (TPSA) is 92.3 Å². The zero-order chi connectivity index (χ0) is 21.7. The van der Waals surface area contributed by atoms with Gasteiger partial charge in [0.25, 0.3) is 0 Å². The maximum Gasteiger partial charge on any atom is 0.249 e. The largest absolute Gasteiger partial charge is 0.299 e. The summed E-state index contributed by atoms with van der Waals surface area (Å²) in [6.07, 6.45) is 1.04. The molecule has 1 atom stereocenters. The number of rotatable bonds is 8. The van der Waals surface area contributed by atoms with Crippen LogP contribution in [0.4, 0.5) is 10.8 Å². The van der Waals surface area contributed by atoms with E-state index in [0.717, 1.165) is 21.9 Å². The number of hydrogen-bond acceptors (Lipinski definition) is 7. The van der Waals surface area contributed by atoms with Crippen LogP contribution < -0.4 is 9.62 Å². The molecular weight excluding hydrogens is 464 g/mol. The quantitative estimate of drug-likeness (QED) is 0.380. The van der Waals surface area contributed by atoms with Gasteiger partial charge < -0.3 is 0 Å². The molecule has 158 valence electrons. The molecule has 11 heteroatoms. The summed E-state index contributed by atoms with van der Waals surface area (Å²) in [7, 11) is -3.73. The molecule has 2 aromatic carbocycles. The van der Waals surface area contributed by atoms with Crippen molar-refractivity contribution in [3.63, 3.8) is 0 Å². The molecule has 0 aliphatic carbocycles. The minimum atomic E-state index is -3.73. The van der Waals surface area contributed by atoms with Gasteiger partial charge in [-0.25, -0.2) is 8.42 Å². The number of nitrogens with zero attached hydrogens (tertiary/aromatic N) is 3. The third kappa shape index (κ3) is 5.94. The summed E-state index contributed by atoms with van der Waals surface area (Å²) < 4.78 is 26.4. The Labute approximate surface area is 188 Å². The third-order valence-electron chi connectivity index (χ3n) is 3.99. The lowest BCUT2D eigenvalue weighted by Gasteiger charge is -2.27. The van der Waals surface area contributed by atoms with E-state index >= 15 is 0 Å². The van der Waals surface area contributed by atoms with E-state index in [-0.39, 0.29) is 0 Å². The van der Waals surface area contributed by atoms with Crippen molar-refractivity contribution >= 4 is 61.4 Å². The minimum Gasteiger partial charge on any atom is -0.299 e. The molecule has 0 aliphatic rings. The molecule has 0 spiro atoms. The van der Waals surface area contributed by atoms with Gasteiger partial charge in [-0.1, -0.05) is 71.1 Å². The zero-order valence-corrected chi connectivity index (χ0v) is 19.4. The second-order valence-corrected chi connectivity index (χ2v) is 10.8. The minimum absolute atomic E-state index is 0.307. The van der Waals surface area contributed by atoms with Crippen LogP contribution in [-0.4, -0.2) is 36.8 Å². The standard InChI is InChI=1S/C19H19ClN4O3S3/c1-13(24(30(2,26)27)16-10-6-9-15(20)11-16)17(25)21-18-22-23-19(29-18)28-12-14-7-4-3-5-8-14/h3-11,13H,12H2,1-2H3,(H,21,22,25). The molecule has 1 heterocycles. The van der Waals surface area contributed by atoms with Gasteiger partial charge in [0.2, 0.25) is 21.1 Å². The normalized spacial score (nSPS) is 12.4. The highest BCUT2D eigenvalue weighted by Gasteiger charge is 2.29. The van der Waals surface area contributed by atoms with E-state index in [1.165, 1.54) is 36.1 Å². The average molecular weight is 483 g/mol. The molecule has 0 aliphatic heterocycles. The molecule has 0 saturated carbocycles. The molecule has 0 saturated heterocycles. The van der Waals surface area contributed by atoms with Gasteiger partial charge in [0.15, 0.2) is 4.34 Å². The van der Waals surface area contributed by atoms with E-state index in [2.05, 4.69) is 15.5 Å². The summed E-state index contributed by atoms with van der Waals surface area (Å²) in [6, 6.07) is 15.3. The molecule has 0 radical (unpaired) electrons. The van der Waals surface area contributed by atoms with Crippen molar-refractivity contribution in [3.8, 4) is 0 Å². The van der Waals surface area contributed by atoms with Crippen molar-refractivity contribution in [1.82, 2.24) is 10.2 Å². The first-order valence-electron chi connectivity index (χ1n) is 8.80. The van der Waals surface area contributed by atoms with Gasteiger partial charge in [0.05, 0.1) is 11.9 Å². The average Bonchev–Trinajstić information content (AvgIpc) is 3.13. The van der Waals surface area contributed by atoms with Crippen LogP contribution in [0.15, 0.2) is 58.9 Å². The molecule has 30 heavy (non-hydrogen) atoms. The van der Waals surface area contributed by atoms with E-state index in [9.17, 15) is 13.2 Å². The fraction of sp³-hybridized carbons (Fsp3) is 0.211. The van der Waals surface area contributed by atoms with E-state index in [0.29, 0.717) is 20.2 Å². The Kier molecular flexibility index (Phi) is 7.35.